The van der Waals surface area contributed by atoms with Gasteiger partial charge in [-0.15, -0.1) is 0 Å². The van der Waals surface area contributed by atoms with Crippen molar-refractivity contribution in [3.63, 3.8) is 0 Å². The van der Waals surface area contributed by atoms with Gasteiger partial charge >= 0.3 is 0 Å². The Morgan fingerprint density at radius 1 is 1.08 bits per heavy atom. The predicted octanol–water partition coefficient (Wildman–Crippen LogP) is 5.73. The molecule has 0 aromatic heterocycles. The third kappa shape index (κ3) is 7.80. The topological polar surface area (TPSA) is 82.4 Å². The number of phenolic OH excluding ortho intramolecular Hbond substituents is 1. The second-order valence-corrected chi connectivity index (χ2v) is 9.97. The summed E-state index contributed by atoms with van der Waals surface area (Å²) in [7, 11) is 0. The summed E-state index contributed by atoms with van der Waals surface area (Å²) in [6, 6.07) is 15.7. The summed E-state index contributed by atoms with van der Waals surface area (Å²) in [5, 5.41) is 20.4. The van der Waals surface area contributed by atoms with Gasteiger partial charge in [-0.25, -0.2) is 0 Å². The number of Topliss-reactive ketones (excluding diaryl/α,β-unsaturated/α-hetero) is 1. The number of aliphatic imine (C=N–C) groups is 1. The molecule has 0 radical (unpaired) electrons. The Hall–Kier alpha value is -3.38. The highest BCUT2D eigenvalue weighted by atomic mass is 16.5. The molecule has 2 aliphatic heterocycles. The molecule has 0 amide bonds. The number of ether oxygens (including phenoxy) is 1. The van der Waals surface area contributed by atoms with Gasteiger partial charge in [0.05, 0.1) is 18.4 Å². The van der Waals surface area contributed by atoms with Crippen LogP contribution in [0.3, 0.4) is 0 Å². The van der Waals surface area contributed by atoms with E-state index in [2.05, 4.69) is 47.3 Å². The molecule has 2 N–H and O–H groups in total. The zero-order chi connectivity index (χ0) is 26.0. The molecule has 1 unspecified atom stereocenters. The Labute approximate surface area is 220 Å². The maximum atomic E-state index is 12.3. The zero-order valence-electron chi connectivity index (χ0n) is 21.7. The normalized spacial score (nSPS) is 15.2. The predicted molar refractivity (Wildman–Crippen MR) is 147 cm³/mol. The largest absolute Gasteiger partial charge is 0.504 e. The van der Waals surface area contributed by atoms with Gasteiger partial charge in [-0.05, 0) is 54.5 Å². The number of aliphatic hydroxyl groups excluding tert-OH is 1. The van der Waals surface area contributed by atoms with E-state index < -0.39 is 6.10 Å². The summed E-state index contributed by atoms with van der Waals surface area (Å²) in [6.07, 6.45) is 10.4. The monoisotopic (exact) mass is 502 g/mol. The first-order valence-corrected chi connectivity index (χ1v) is 13.4. The number of carbonyl (C=O) groups excluding carboxylic acids is 1. The minimum Gasteiger partial charge on any atom is -0.504 e. The molecule has 2 heterocycles. The highest BCUT2D eigenvalue weighted by molar-refractivity contribution is 6.09. The standard InChI is InChI=1S/C31H38N2O4/c1-2-3-5-10-26(34)18-27(35)15-12-24-13-16-30(36)31(17-24)37-22-33-20-28-25(19-32-29(28)21-33)14-11-23-8-6-4-7-9-23/h4,6-9,13,16-17,19-20,26,34,36H,2-3,5,10-12,14-15,18,21-22H2,1H3. The Morgan fingerprint density at radius 2 is 1.92 bits per heavy atom. The van der Waals surface area contributed by atoms with Crippen molar-refractivity contribution < 1.29 is 19.7 Å². The van der Waals surface area contributed by atoms with Gasteiger partial charge in [0.25, 0.3) is 0 Å². The fourth-order valence-corrected chi connectivity index (χ4v) is 4.75. The number of carbonyl (C=O) groups is 1. The third-order valence-corrected chi connectivity index (χ3v) is 6.93. The average molecular weight is 503 g/mol. The van der Waals surface area contributed by atoms with Crippen molar-refractivity contribution in [1.82, 2.24) is 4.90 Å². The summed E-state index contributed by atoms with van der Waals surface area (Å²) < 4.78 is 5.95. The van der Waals surface area contributed by atoms with Crippen molar-refractivity contribution in [3.8, 4) is 11.5 Å². The number of rotatable bonds is 15. The quantitative estimate of drug-likeness (QED) is 0.304. The second kappa shape index (κ2) is 13.2. The third-order valence-electron chi connectivity index (χ3n) is 6.93. The molecule has 4 rings (SSSR count). The summed E-state index contributed by atoms with van der Waals surface area (Å²) in [6.45, 7) is 3.10. The lowest BCUT2D eigenvalue weighted by Crippen LogP contribution is -2.23. The molecule has 2 aliphatic rings. The number of hydrogen-bond acceptors (Lipinski definition) is 6. The fraction of sp³-hybridized carbons (Fsp3) is 0.419. The molecular formula is C31H38N2O4. The van der Waals surface area contributed by atoms with Gasteiger partial charge in [-0.2, -0.15) is 0 Å². The van der Waals surface area contributed by atoms with Crippen LogP contribution in [0.5, 0.6) is 11.5 Å². The molecule has 0 saturated carbocycles. The van der Waals surface area contributed by atoms with E-state index in [9.17, 15) is 15.0 Å². The number of aromatic hydroxyl groups is 1. The van der Waals surface area contributed by atoms with Crippen LogP contribution in [-0.2, 0) is 17.6 Å². The Bertz CT molecular complexity index is 1150. The summed E-state index contributed by atoms with van der Waals surface area (Å²) in [4.78, 5) is 18.9. The SMILES string of the molecule is CCCCCC(O)CC(=O)CCc1ccc(O)c(OCN2C=C3C(CCc4ccccc4)=CN=C3C2)c1. The minimum atomic E-state index is -0.551. The maximum absolute atomic E-state index is 12.3. The van der Waals surface area contributed by atoms with Crippen molar-refractivity contribution in [2.24, 2.45) is 4.99 Å². The number of phenols is 1. The number of allylic oxidation sites excluding steroid dienone is 1. The van der Waals surface area contributed by atoms with Crippen molar-refractivity contribution in [2.75, 3.05) is 13.3 Å². The molecule has 0 fully saturated rings. The van der Waals surface area contributed by atoms with Crippen LogP contribution in [0.25, 0.3) is 0 Å². The van der Waals surface area contributed by atoms with Gasteiger partial charge in [-0.1, -0.05) is 62.6 Å². The van der Waals surface area contributed by atoms with Crippen molar-refractivity contribution in [2.45, 2.75) is 70.8 Å². The summed E-state index contributed by atoms with van der Waals surface area (Å²) in [5.74, 6) is 0.544. The van der Waals surface area contributed by atoms with Gasteiger partial charge in [-0.3, -0.25) is 9.79 Å². The van der Waals surface area contributed by atoms with E-state index in [1.165, 1.54) is 16.7 Å². The molecular weight excluding hydrogens is 464 g/mol. The summed E-state index contributed by atoms with van der Waals surface area (Å²) >= 11 is 0. The fourth-order valence-electron chi connectivity index (χ4n) is 4.75. The van der Waals surface area contributed by atoms with Crippen molar-refractivity contribution in [1.29, 1.82) is 0 Å². The van der Waals surface area contributed by atoms with Crippen molar-refractivity contribution in [3.05, 3.63) is 83.2 Å². The van der Waals surface area contributed by atoms with E-state index in [-0.39, 0.29) is 18.0 Å². The van der Waals surface area contributed by atoms with Gasteiger partial charge in [0.1, 0.15) is 5.78 Å². The molecule has 6 heteroatoms. The molecule has 0 bridgehead atoms. The Kier molecular flexibility index (Phi) is 9.55. The van der Waals surface area contributed by atoms with E-state index in [0.717, 1.165) is 43.4 Å². The first-order chi connectivity index (χ1) is 18.0. The molecule has 0 aliphatic carbocycles. The lowest BCUT2D eigenvalue weighted by Gasteiger charge is -2.17. The molecule has 1 atom stereocenters. The first kappa shape index (κ1) is 26.7. The number of fused-ring (bicyclic) bond motifs is 1. The molecule has 2 aromatic rings. The molecule has 6 nitrogen and oxygen atoms in total. The second-order valence-electron chi connectivity index (χ2n) is 9.97. The first-order valence-electron chi connectivity index (χ1n) is 13.4. The van der Waals surface area contributed by atoms with Crippen LogP contribution in [0, 0.1) is 0 Å². The number of benzene rings is 2. The Morgan fingerprint density at radius 3 is 2.73 bits per heavy atom. The van der Waals surface area contributed by atoms with Crippen LogP contribution in [-0.4, -0.2) is 46.0 Å². The molecule has 37 heavy (non-hydrogen) atoms. The van der Waals surface area contributed by atoms with Gasteiger partial charge in [0.2, 0.25) is 0 Å². The number of nitrogens with zero attached hydrogens (tertiary/aromatic N) is 2. The van der Waals surface area contributed by atoms with E-state index in [4.69, 9.17) is 4.74 Å². The smallest absolute Gasteiger partial charge is 0.163 e. The van der Waals surface area contributed by atoms with Crippen LogP contribution in [0.15, 0.2) is 77.1 Å². The van der Waals surface area contributed by atoms with Gasteiger partial charge in [0.15, 0.2) is 18.2 Å². The number of aryl methyl sites for hydroxylation is 2. The van der Waals surface area contributed by atoms with E-state index >= 15 is 0 Å². The number of aliphatic hydroxyl groups is 1. The minimum absolute atomic E-state index is 0.0617. The van der Waals surface area contributed by atoms with Crippen molar-refractivity contribution >= 4 is 11.5 Å². The van der Waals surface area contributed by atoms with Crippen LogP contribution >= 0.6 is 0 Å². The van der Waals surface area contributed by atoms with E-state index in [1.54, 1.807) is 12.1 Å². The van der Waals surface area contributed by atoms with E-state index in [0.29, 0.717) is 38.3 Å². The number of ketones is 1. The lowest BCUT2D eigenvalue weighted by molar-refractivity contribution is -0.121. The average Bonchev–Trinajstić information content (AvgIpc) is 3.47. The van der Waals surface area contributed by atoms with Crippen LogP contribution in [0.2, 0.25) is 0 Å². The maximum Gasteiger partial charge on any atom is 0.163 e. The zero-order valence-corrected chi connectivity index (χ0v) is 21.7. The van der Waals surface area contributed by atoms with Crippen LogP contribution < -0.4 is 4.74 Å². The number of hydrogen-bond donors (Lipinski definition) is 2. The molecule has 0 saturated heterocycles. The Balaban J connectivity index is 1.24. The number of unbranched alkanes of at least 4 members (excludes halogenated alkanes) is 2. The molecule has 196 valence electrons. The van der Waals surface area contributed by atoms with Gasteiger partial charge < -0.3 is 19.8 Å². The molecule has 2 aromatic carbocycles. The molecule has 0 spiro atoms. The van der Waals surface area contributed by atoms with E-state index in [1.807, 2.05) is 18.3 Å². The van der Waals surface area contributed by atoms with Crippen LogP contribution in [0.4, 0.5) is 0 Å². The highest BCUT2D eigenvalue weighted by Gasteiger charge is 2.26. The highest BCUT2D eigenvalue weighted by Crippen LogP contribution is 2.31. The van der Waals surface area contributed by atoms with Gasteiger partial charge in [0, 0.05) is 30.8 Å². The summed E-state index contributed by atoms with van der Waals surface area (Å²) in [5.41, 5.74) is 5.71. The van der Waals surface area contributed by atoms with Crippen LogP contribution in [0.1, 0.15) is 63.0 Å². The lowest BCUT2D eigenvalue weighted by atomic mass is 9.99.